The number of ether oxygens (including phenoxy) is 3. The number of halogens is 1. The molecule has 3 aromatic rings. The average Bonchev–Trinajstić information content (AvgIpc) is 3.23. The summed E-state index contributed by atoms with van der Waals surface area (Å²) in [6.45, 7) is 4.03. The molecule has 6 nitrogen and oxygen atoms in total. The second kappa shape index (κ2) is 9.49. The SMILES string of the molecule is COc1cc(C2CC(=O)N(c3cc(C)cc(C)c3)C3=C2C(=O)OC3)ccc1OCc1ccccc1F. The highest BCUT2D eigenvalue weighted by Crippen LogP contribution is 2.44. The van der Waals surface area contributed by atoms with E-state index in [9.17, 15) is 14.0 Å². The Bertz CT molecular complexity index is 1380. The quantitative estimate of drug-likeness (QED) is 0.438. The van der Waals surface area contributed by atoms with Crippen LogP contribution in [0.5, 0.6) is 11.5 Å². The summed E-state index contributed by atoms with van der Waals surface area (Å²) in [6, 6.07) is 17.6. The zero-order valence-electron chi connectivity index (χ0n) is 20.3. The molecule has 0 aliphatic carbocycles. The van der Waals surface area contributed by atoms with E-state index in [0.29, 0.717) is 28.3 Å². The van der Waals surface area contributed by atoms with Gasteiger partial charge in [0, 0.05) is 23.6 Å². The molecular formula is C29H26FNO5. The number of methoxy groups -OCH3 is 1. The van der Waals surface area contributed by atoms with Gasteiger partial charge in [0.1, 0.15) is 19.0 Å². The zero-order valence-corrected chi connectivity index (χ0v) is 20.3. The van der Waals surface area contributed by atoms with Crippen molar-refractivity contribution in [2.45, 2.75) is 32.8 Å². The van der Waals surface area contributed by atoms with Gasteiger partial charge in [0.25, 0.3) is 0 Å². The molecule has 0 fully saturated rings. The highest BCUT2D eigenvalue weighted by atomic mass is 19.1. The van der Waals surface area contributed by atoms with E-state index in [0.717, 1.165) is 22.4 Å². The van der Waals surface area contributed by atoms with Gasteiger partial charge in [-0.3, -0.25) is 9.69 Å². The predicted molar refractivity (Wildman–Crippen MR) is 132 cm³/mol. The zero-order chi connectivity index (χ0) is 25.4. The maximum Gasteiger partial charge on any atom is 0.336 e. The summed E-state index contributed by atoms with van der Waals surface area (Å²) < 4.78 is 30.7. The third-order valence-corrected chi connectivity index (χ3v) is 6.51. The molecule has 5 rings (SSSR count). The minimum atomic E-state index is -0.473. The van der Waals surface area contributed by atoms with Crippen LogP contribution in [-0.2, 0) is 20.9 Å². The standard InChI is InChI=1S/C29H26FNO5/c1-17-10-18(2)12-21(11-17)31-24-16-36-29(33)28(24)22(14-27(31)32)19-8-9-25(26(13-19)34-3)35-15-20-6-4-5-7-23(20)30/h4-13,22H,14-16H2,1-3H3. The summed E-state index contributed by atoms with van der Waals surface area (Å²) in [6.07, 6.45) is 0.111. The molecule has 0 N–H and O–H groups in total. The first-order valence-electron chi connectivity index (χ1n) is 11.7. The summed E-state index contributed by atoms with van der Waals surface area (Å²) in [5, 5.41) is 0. The number of carbonyl (C=O) groups excluding carboxylic acids is 2. The number of rotatable bonds is 6. The summed E-state index contributed by atoms with van der Waals surface area (Å²) >= 11 is 0. The van der Waals surface area contributed by atoms with Gasteiger partial charge in [-0.2, -0.15) is 0 Å². The van der Waals surface area contributed by atoms with Gasteiger partial charge in [0.15, 0.2) is 11.5 Å². The molecule has 3 aromatic carbocycles. The van der Waals surface area contributed by atoms with Gasteiger partial charge in [-0.15, -0.1) is 0 Å². The van der Waals surface area contributed by atoms with Crippen LogP contribution in [0, 0.1) is 19.7 Å². The molecule has 2 aliphatic heterocycles. The fourth-order valence-corrected chi connectivity index (χ4v) is 4.91. The van der Waals surface area contributed by atoms with Crippen molar-refractivity contribution in [1.29, 1.82) is 0 Å². The number of hydrogen-bond acceptors (Lipinski definition) is 5. The molecule has 0 spiro atoms. The van der Waals surface area contributed by atoms with Gasteiger partial charge in [-0.25, -0.2) is 9.18 Å². The molecule has 0 aromatic heterocycles. The van der Waals surface area contributed by atoms with Gasteiger partial charge in [-0.1, -0.05) is 30.3 Å². The summed E-state index contributed by atoms with van der Waals surface area (Å²) in [5.41, 5.74) is 5.02. The van der Waals surface area contributed by atoms with Crippen molar-refractivity contribution in [3.63, 3.8) is 0 Å². The highest BCUT2D eigenvalue weighted by molar-refractivity contribution is 6.06. The molecule has 0 radical (unpaired) electrons. The van der Waals surface area contributed by atoms with Crippen molar-refractivity contribution in [3.8, 4) is 11.5 Å². The van der Waals surface area contributed by atoms with Crippen molar-refractivity contribution in [2.75, 3.05) is 18.6 Å². The third-order valence-electron chi connectivity index (χ3n) is 6.51. The molecule has 184 valence electrons. The Morgan fingerprint density at radius 2 is 1.75 bits per heavy atom. The number of benzene rings is 3. The van der Waals surface area contributed by atoms with Crippen molar-refractivity contribution >= 4 is 17.6 Å². The maximum absolute atomic E-state index is 14.0. The monoisotopic (exact) mass is 487 g/mol. The number of nitrogens with zero attached hydrogens (tertiary/aromatic N) is 1. The van der Waals surface area contributed by atoms with E-state index in [1.165, 1.54) is 13.2 Å². The third kappa shape index (κ3) is 4.33. The molecule has 36 heavy (non-hydrogen) atoms. The fraction of sp³-hybridized carbons (Fsp3) is 0.241. The van der Waals surface area contributed by atoms with Crippen LogP contribution in [0.4, 0.5) is 10.1 Å². The van der Waals surface area contributed by atoms with E-state index in [2.05, 4.69) is 0 Å². The van der Waals surface area contributed by atoms with Crippen LogP contribution >= 0.6 is 0 Å². The van der Waals surface area contributed by atoms with Gasteiger partial charge in [0.2, 0.25) is 5.91 Å². The lowest BCUT2D eigenvalue weighted by Gasteiger charge is -2.32. The number of hydrogen-bond donors (Lipinski definition) is 0. The molecule has 2 heterocycles. The molecule has 7 heteroatoms. The largest absolute Gasteiger partial charge is 0.493 e. The lowest BCUT2D eigenvalue weighted by molar-refractivity contribution is -0.136. The molecule has 1 amide bonds. The van der Waals surface area contributed by atoms with Crippen LogP contribution in [0.2, 0.25) is 0 Å². The van der Waals surface area contributed by atoms with E-state index in [-0.39, 0.29) is 31.4 Å². The number of aryl methyl sites for hydroxylation is 2. The molecule has 2 aliphatic rings. The number of anilines is 1. The Kier molecular flexibility index (Phi) is 6.22. The first-order valence-corrected chi connectivity index (χ1v) is 11.7. The Morgan fingerprint density at radius 3 is 2.47 bits per heavy atom. The number of esters is 1. The smallest absolute Gasteiger partial charge is 0.336 e. The van der Waals surface area contributed by atoms with E-state index in [1.54, 1.807) is 41.3 Å². The predicted octanol–water partition coefficient (Wildman–Crippen LogP) is 5.36. The molecule has 1 atom stereocenters. The van der Waals surface area contributed by atoms with Gasteiger partial charge >= 0.3 is 5.97 Å². The molecule has 1 unspecified atom stereocenters. The van der Waals surface area contributed by atoms with E-state index >= 15 is 0 Å². The lowest BCUT2D eigenvalue weighted by atomic mass is 9.84. The second-order valence-electron chi connectivity index (χ2n) is 9.06. The van der Waals surface area contributed by atoms with Crippen molar-refractivity contribution in [2.24, 2.45) is 0 Å². The van der Waals surface area contributed by atoms with Crippen LogP contribution < -0.4 is 14.4 Å². The van der Waals surface area contributed by atoms with E-state index in [1.807, 2.05) is 32.0 Å². The maximum atomic E-state index is 14.0. The molecular weight excluding hydrogens is 461 g/mol. The Balaban J connectivity index is 1.48. The van der Waals surface area contributed by atoms with Crippen LogP contribution in [-0.4, -0.2) is 25.6 Å². The van der Waals surface area contributed by atoms with Crippen LogP contribution in [0.1, 0.15) is 34.6 Å². The minimum absolute atomic E-state index is 0.0385. The van der Waals surface area contributed by atoms with E-state index in [4.69, 9.17) is 14.2 Å². The first-order chi connectivity index (χ1) is 17.4. The van der Waals surface area contributed by atoms with Crippen molar-refractivity contribution in [1.82, 2.24) is 0 Å². The Morgan fingerprint density at radius 1 is 1.00 bits per heavy atom. The Labute approximate surface area is 208 Å². The Hall–Kier alpha value is -4.13. The summed E-state index contributed by atoms with van der Waals surface area (Å²) in [4.78, 5) is 27.8. The van der Waals surface area contributed by atoms with Crippen LogP contribution in [0.25, 0.3) is 0 Å². The minimum Gasteiger partial charge on any atom is -0.493 e. The summed E-state index contributed by atoms with van der Waals surface area (Å²) in [5.74, 6) is -0.481. The van der Waals surface area contributed by atoms with Gasteiger partial charge < -0.3 is 14.2 Å². The number of carbonyl (C=O) groups is 2. The van der Waals surface area contributed by atoms with Crippen LogP contribution in [0.15, 0.2) is 71.9 Å². The van der Waals surface area contributed by atoms with Crippen LogP contribution in [0.3, 0.4) is 0 Å². The number of cyclic esters (lactones) is 1. The van der Waals surface area contributed by atoms with Crippen molar-refractivity contribution in [3.05, 3.63) is 100 Å². The second-order valence-corrected chi connectivity index (χ2v) is 9.06. The first kappa shape index (κ1) is 23.6. The lowest BCUT2D eigenvalue weighted by Crippen LogP contribution is -2.37. The van der Waals surface area contributed by atoms with Gasteiger partial charge in [-0.05, 0) is 60.9 Å². The molecule has 0 saturated heterocycles. The fourth-order valence-electron chi connectivity index (χ4n) is 4.91. The number of amides is 1. The summed E-state index contributed by atoms with van der Waals surface area (Å²) in [7, 11) is 1.51. The topological polar surface area (TPSA) is 65.1 Å². The van der Waals surface area contributed by atoms with Gasteiger partial charge in [0.05, 0.1) is 18.4 Å². The average molecular weight is 488 g/mol. The molecule has 0 saturated carbocycles. The highest BCUT2D eigenvalue weighted by Gasteiger charge is 2.43. The van der Waals surface area contributed by atoms with Crippen molar-refractivity contribution < 1.29 is 28.2 Å². The normalized spacial score (nSPS) is 17.2. The van der Waals surface area contributed by atoms with E-state index < -0.39 is 11.9 Å². The molecule has 0 bridgehead atoms.